The molecule has 3 unspecified atom stereocenters. The first-order valence-corrected chi connectivity index (χ1v) is 8.15. The van der Waals surface area contributed by atoms with Crippen molar-refractivity contribution >= 4 is 5.97 Å². The minimum atomic E-state index is -0.770. The molecule has 0 saturated heterocycles. The first-order valence-electron chi connectivity index (χ1n) is 8.15. The van der Waals surface area contributed by atoms with Crippen LogP contribution in [0.1, 0.15) is 63.0 Å². The number of rotatable bonds is 6. The normalized spacial score (nSPS) is 23.7. The molecule has 0 amide bonds. The summed E-state index contributed by atoms with van der Waals surface area (Å²) in [7, 11) is 0. The van der Waals surface area contributed by atoms with Gasteiger partial charge in [-0.15, -0.1) is 0 Å². The Morgan fingerprint density at radius 3 is 2.67 bits per heavy atom. The van der Waals surface area contributed by atoms with E-state index >= 15 is 0 Å². The molecule has 0 heterocycles. The maximum Gasteiger partial charge on any atom is 0.310 e. The van der Waals surface area contributed by atoms with Crippen LogP contribution < -0.4 is 5.32 Å². The van der Waals surface area contributed by atoms with Crippen molar-refractivity contribution in [2.24, 2.45) is 5.92 Å². The molecule has 1 saturated carbocycles. The van der Waals surface area contributed by atoms with Gasteiger partial charge >= 0.3 is 5.97 Å². The van der Waals surface area contributed by atoms with Crippen LogP contribution in [0, 0.1) is 5.92 Å². The Kier molecular flexibility index (Phi) is 5.80. The third-order valence-corrected chi connectivity index (χ3v) is 4.81. The van der Waals surface area contributed by atoms with Gasteiger partial charge in [-0.1, -0.05) is 50.5 Å². The summed E-state index contributed by atoms with van der Waals surface area (Å²) in [6.07, 6.45) is 6.59. The van der Waals surface area contributed by atoms with Gasteiger partial charge in [-0.3, -0.25) is 4.79 Å². The van der Waals surface area contributed by atoms with Gasteiger partial charge in [0.1, 0.15) is 0 Å². The SMILES string of the molecule is CCC1CCCC(NCc2ccc(C(C)C(=O)O)cc2)C1. The van der Waals surface area contributed by atoms with Gasteiger partial charge in [-0.25, -0.2) is 0 Å². The van der Waals surface area contributed by atoms with E-state index in [1.165, 1.54) is 37.7 Å². The first kappa shape index (κ1) is 16.0. The summed E-state index contributed by atoms with van der Waals surface area (Å²) in [6.45, 7) is 4.89. The standard InChI is InChI=1S/C18H27NO2/c1-3-14-5-4-6-17(11-14)19-12-15-7-9-16(10-8-15)13(2)18(20)21/h7-10,13-14,17,19H,3-6,11-12H2,1-2H3,(H,20,21). The third kappa shape index (κ3) is 4.57. The van der Waals surface area contributed by atoms with Crippen LogP contribution in [0.3, 0.4) is 0 Å². The fourth-order valence-corrected chi connectivity index (χ4v) is 3.18. The van der Waals surface area contributed by atoms with Crippen molar-refractivity contribution < 1.29 is 9.90 Å². The van der Waals surface area contributed by atoms with Crippen molar-refractivity contribution in [3.63, 3.8) is 0 Å². The maximum absolute atomic E-state index is 11.0. The Labute approximate surface area is 127 Å². The highest BCUT2D eigenvalue weighted by Gasteiger charge is 2.20. The Hall–Kier alpha value is -1.35. The Balaban J connectivity index is 1.85. The molecule has 1 aromatic carbocycles. The number of hydrogen-bond acceptors (Lipinski definition) is 2. The molecule has 1 aliphatic carbocycles. The highest BCUT2D eigenvalue weighted by Crippen LogP contribution is 2.26. The maximum atomic E-state index is 11.0. The van der Waals surface area contributed by atoms with Gasteiger partial charge in [0, 0.05) is 12.6 Å². The number of carboxylic acid groups (broad SMARTS) is 1. The molecule has 0 aromatic heterocycles. The van der Waals surface area contributed by atoms with Crippen molar-refractivity contribution in [3.05, 3.63) is 35.4 Å². The number of carboxylic acids is 1. The molecular formula is C18H27NO2. The lowest BCUT2D eigenvalue weighted by atomic mass is 9.84. The van der Waals surface area contributed by atoms with Crippen LogP contribution in [-0.2, 0) is 11.3 Å². The summed E-state index contributed by atoms with van der Waals surface area (Å²) in [4.78, 5) is 11.0. The second-order valence-corrected chi connectivity index (χ2v) is 6.32. The van der Waals surface area contributed by atoms with E-state index in [0.717, 1.165) is 18.0 Å². The van der Waals surface area contributed by atoms with E-state index in [4.69, 9.17) is 5.11 Å². The monoisotopic (exact) mass is 289 g/mol. The molecule has 0 radical (unpaired) electrons. The summed E-state index contributed by atoms with van der Waals surface area (Å²) < 4.78 is 0. The van der Waals surface area contributed by atoms with Gasteiger partial charge < -0.3 is 10.4 Å². The van der Waals surface area contributed by atoms with Crippen molar-refractivity contribution in [3.8, 4) is 0 Å². The number of hydrogen-bond donors (Lipinski definition) is 2. The summed E-state index contributed by atoms with van der Waals surface area (Å²) in [5.74, 6) is -0.320. The second kappa shape index (κ2) is 7.60. The van der Waals surface area contributed by atoms with E-state index in [1.54, 1.807) is 6.92 Å². The quantitative estimate of drug-likeness (QED) is 0.834. The van der Waals surface area contributed by atoms with Crippen LogP contribution in [-0.4, -0.2) is 17.1 Å². The molecular weight excluding hydrogens is 262 g/mol. The Bertz CT molecular complexity index is 455. The largest absolute Gasteiger partial charge is 0.481 e. The van der Waals surface area contributed by atoms with Crippen LogP contribution in [0.15, 0.2) is 24.3 Å². The zero-order valence-electron chi connectivity index (χ0n) is 13.1. The van der Waals surface area contributed by atoms with Crippen LogP contribution in [0.2, 0.25) is 0 Å². The number of aliphatic carboxylic acids is 1. The summed E-state index contributed by atoms with van der Waals surface area (Å²) >= 11 is 0. The summed E-state index contributed by atoms with van der Waals surface area (Å²) in [6, 6.07) is 8.60. The second-order valence-electron chi connectivity index (χ2n) is 6.32. The van der Waals surface area contributed by atoms with E-state index in [2.05, 4.69) is 12.2 Å². The van der Waals surface area contributed by atoms with Crippen molar-refractivity contribution in [1.82, 2.24) is 5.32 Å². The fraction of sp³-hybridized carbons (Fsp3) is 0.611. The predicted molar refractivity (Wildman–Crippen MR) is 85.4 cm³/mol. The molecule has 116 valence electrons. The molecule has 3 atom stereocenters. The zero-order valence-corrected chi connectivity index (χ0v) is 13.1. The zero-order chi connectivity index (χ0) is 15.2. The average Bonchev–Trinajstić information content (AvgIpc) is 2.53. The molecule has 0 spiro atoms. The van der Waals surface area contributed by atoms with Gasteiger partial charge in [0.2, 0.25) is 0 Å². The lowest BCUT2D eigenvalue weighted by molar-refractivity contribution is -0.138. The third-order valence-electron chi connectivity index (χ3n) is 4.81. The van der Waals surface area contributed by atoms with Crippen LogP contribution in [0.4, 0.5) is 0 Å². The van der Waals surface area contributed by atoms with Crippen molar-refractivity contribution in [2.45, 2.75) is 64.5 Å². The fourth-order valence-electron chi connectivity index (χ4n) is 3.18. The van der Waals surface area contributed by atoms with E-state index in [1.807, 2.05) is 24.3 Å². The molecule has 2 N–H and O–H groups in total. The lowest BCUT2D eigenvalue weighted by Crippen LogP contribution is -2.33. The molecule has 0 bridgehead atoms. The van der Waals surface area contributed by atoms with Gasteiger partial charge in [-0.05, 0) is 36.8 Å². The molecule has 3 nitrogen and oxygen atoms in total. The Morgan fingerprint density at radius 1 is 1.33 bits per heavy atom. The van der Waals surface area contributed by atoms with E-state index in [-0.39, 0.29) is 0 Å². The molecule has 21 heavy (non-hydrogen) atoms. The average molecular weight is 289 g/mol. The smallest absolute Gasteiger partial charge is 0.310 e. The van der Waals surface area contributed by atoms with Gasteiger partial charge in [-0.2, -0.15) is 0 Å². The highest BCUT2D eigenvalue weighted by molar-refractivity contribution is 5.75. The molecule has 3 heteroatoms. The van der Waals surface area contributed by atoms with Gasteiger partial charge in [0.05, 0.1) is 5.92 Å². The number of nitrogens with one attached hydrogen (secondary N) is 1. The Morgan fingerprint density at radius 2 is 2.05 bits per heavy atom. The van der Waals surface area contributed by atoms with Crippen molar-refractivity contribution in [1.29, 1.82) is 0 Å². The molecule has 0 aliphatic heterocycles. The van der Waals surface area contributed by atoms with E-state index < -0.39 is 11.9 Å². The van der Waals surface area contributed by atoms with Crippen LogP contribution >= 0.6 is 0 Å². The summed E-state index contributed by atoms with van der Waals surface area (Å²) in [5.41, 5.74) is 2.10. The summed E-state index contributed by atoms with van der Waals surface area (Å²) in [5, 5.41) is 12.7. The predicted octanol–water partition coefficient (Wildman–Crippen LogP) is 3.93. The highest BCUT2D eigenvalue weighted by atomic mass is 16.4. The van der Waals surface area contributed by atoms with Crippen LogP contribution in [0.25, 0.3) is 0 Å². The minimum absolute atomic E-state index is 0.435. The van der Waals surface area contributed by atoms with Crippen molar-refractivity contribution in [2.75, 3.05) is 0 Å². The number of benzene rings is 1. The van der Waals surface area contributed by atoms with Crippen LogP contribution in [0.5, 0.6) is 0 Å². The topological polar surface area (TPSA) is 49.3 Å². The van der Waals surface area contributed by atoms with Gasteiger partial charge in [0.15, 0.2) is 0 Å². The molecule has 2 rings (SSSR count). The lowest BCUT2D eigenvalue weighted by Gasteiger charge is -2.29. The molecule has 1 fully saturated rings. The van der Waals surface area contributed by atoms with Gasteiger partial charge in [0.25, 0.3) is 0 Å². The first-order chi connectivity index (χ1) is 10.1. The van der Waals surface area contributed by atoms with E-state index in [9.17, 15) is 4.79 Å². The van der Waals surface area contributed by atoms with E-state index in [0.29, 0.717) is 6.04 Å². The molecule has 1 aromatic rings. The number of carbonyl (C=O) groups is 1. The minimum Gasteiger partial charge on any atom is -0.481 e. The molecule has 1 aliphatic rings.